The first kappa shape index (κ1) is 15.6. The summed E-state index contributed by atoms with van der Waals surface area (Å²) >= 11 is 0. The molecule has 1 rings (SSSR count). The summed E-state index contributed by atoms with van der Waals surface area (Å²) in [5.41, 5.74) is 0.528. The maximum Gasteiger partial charge on any atom is 0.221 e. The van der Waals surface area contributed by atoms with Gasteiger partial charge in [0, 0.05) is 31.6 Å². The van der Waals surface area contributed by atoms with Gasteiger partial charge in [0.1, 0.15) is 11.6 Å². The van der Waals surface area contributed by atoms with E-state index in [0.29, 0.717) is 25.1 Å². The van der Waals surface area contributed by atoms with Crippen LogP contribution in [0.4, 0.5) is 8.78 Å². The number of amides is 1. The fraction of sp³-hybridized carbons (Fsp3) is 0.500. The van der Waals surface area contributed by atoms with E-state index in [1.807, 2.05) is 13.8 Å². The first-order chi connectivity index (χ1) is 9.01. The number of carbonyl (C=O) groups is 1. The summed E-state index contributed by atoms with van der Waals surface area (Å²) in [7, 11) is 0. The van der Waals surface area contributed by atoms with Crippen LogP contribution in [-0.2, 0) is 11.3 Å². The van der Waals surface area contributed by atoms with Crippen LogP contribution in [0.15, 0.2) is 18.2 Å². The standard InChI is InChI=1S/C14H20F2N2O/c1-3-10(2)18-14(19)4-5-17-9-11-6-12(15)8-13(16)7-11/h6-8,10,17H,3-5,9H2,1-2H3,(H,18,19). The Labute approximate surface area is 112 Å². The van der Waals surface area contributed by atoms with Gasteiger partial charge in [0.2, 0.25) is 5.91 Å². The molecule has 106 valence electrons. The van der Waals surface area contributed by atoms with Crippen LogP contribution in [0.2, 0.25) is 0 Å². The summed E-state index contributed by atoms with van der Waals surface area (Å²) in [6.07, 6.45) is 1.24. The van der Waals surface area contributed by atoms with Crippen LogP contribution in [0.1, 0.15) is 32.3 Å². The number of halogens is 2. The summed E-state index contributed by atoms with van der Waals surface area (Å²) in [5.74, 6) is -1.20. The molecule has 19 heavy (non-hydrogen) atoms. The quantitative estimate of drug-likeness (QED) is 0.747. The minimum atomic E-state index is -0.591. The Morgan fingerprint density at radius 2 is 1.89 bits per heavy atom. The molecular formula is C14H20F2N2O. The molecule has 0 aromatic heterocycles. The molecule has 0 radical (unpaired) electrons. The zero-order chi connectivity index (χ0) is 14.3. The van der Waals surface area contributed by atoms with Crippen molar-refractivity contribution in [3.63, 3.8) is 0 Å². The van der Waals surface area contributed by atoms with Gasteiger partial charge in [-0.1, -0.05) is 6.92 Å². The third-order valence-corrected chi connectivity index (χ3v) is 2.80. The van der Waals surface area contributed by atoms with E-state index in [9.17, 15) is 13.6 Å². The lowest BCUT2D eigenvalue weighted by molar-refractivity contribution is -0.121. The number of carbonyl (C=O) groups excluding carboxylic acids is 1. The van der Waals surface area contributed by atoms with Crippen LogP contribution in [0.25, 0.3) is 0 Å². The Balaban J connectivity index is 2.25. The zero-order valence-corrected chi connectivity index (χ0v) is 11.3. The Bertz CT molecular complexity index is 404. The molecule has 0 spiro atoms. The van der Waals surface area contributed by atoms with Crippen molar-refractivity contribution in [2.24, 2.45) is 0 Å². The van der Waals surface area contributed by atoms with Gasteiger partial charge in [-0.2, -0.15) is 0 Å². The minimum Gasteiger partial charge on any atom is -0.354 e. The molecule has 1 aromatic carbocycles. The third kappa shape index (κ3) is 6.29. The lowest BCUT2D eigenvalue weighted by Crippen LogP contribution is -2.33. The number of hydrogen-bond donors (Lipinski definition) is 2. The van der Waals surface area contributed by atoms with Gasteiger partial charge in [-0.05, 0) is 31.0 Å². The highest BCUT2D eigenvalue weighted by molar-refractivity contribution is 5.76. The molecule has 0 aliphatic carbocycles. The molecule has 3 nitrogen and oxygen atoms in total. The van der Waals surface area contributed by atoms with Crippen LogP contribution in [-0.4, -0.2) is 18.5 Å². The molecule has 0 heterocycles. The molecule has 1 unspecified atom stereocenters. The molecule has 1 atom stereocenters. The average Bonchev–Trinajstić information content (AvgIpc) is 2.33. The first-order valence-corrected chi connectivity index (χ1v) is 6.46. The molecule has 0 saturated carbocycles. The number of nitrogens with one attached hydrogen (secondary N) is 2. The van der Waals surface area contributed by atoms with Gasteiger partial charge in [0.05, 0.1) is 0 Å². The van der Waals surface area contributed by atoms with Crippen molar-refractivity contribution in [3.8, 4) is 0 Å². The molecule has 0 aliphatic heterocycles. The second-order valence-corrected chi connectivity index (χ2v) is 4.58. The van der Waals surface area contributed by atoms with E-state index < -0.39 is 11.6 Å². The fourth-order valence-electron chi connectivity index (χ4n) is 1.60. The molecule has 1 aromatic rings. The van der Waals surface area contributed by atoms with E-state index in [2.05, 4.69) is 10.6 Å². The SMILES string of the molecule is CCC(C)NC(=O)CCNCc1cc(F)cc(F)c1. The summed E-state index contributed by atoms with van der Waals surface area (Å²) in [5, 5.41) is 5.83. The number of benzene rings is 1. The summed E-state index contributed by atoms with van der Waals surface area (Å²) in [4.78, 5) is 11.5. The third-order valence-electron chi connectivity index (χ3n) is 2.80. The van der Waals surface area contributed by atoms with E-state index >= 15 is 0 Å². The number of rotatable bonds is 7. The Kier molecular flexibility index (Phi) is 6.42. The normalized spacial score (nSPS) is 12.2. The van der Waals surface area contributed by atoms with Crippen LogP contribution in [0.5, 0.6) is 0 Å². The van der Waals surface area contributed by atoms with Gasteiger partial charge in [0.25, 0.3) is 0 Å². The predicted molar refractivity (Wildman–Crippen MR) is 70.6 cm³/mol. The lowest BCUT2D eigenvalue weighted by Gasteiger charge is -2.11. The maximum atomic E-state index is 12.9. The van der Waals surface area contributed by atoms with Gasteiger partial charge in [-0.15, -0.1) is 0 Å². The van der Waals surface area contributed by atoms with Crippen molar-refractivity contribution in [3.05, 3.63) is 35.4 Å². The van der Waals surface area contributed by atoms with Crippen LogP contribution in [0.3, 0.4) is 0 Å². The van der Waals surface area contributed by atoms with Gasteiger partial charge in [0.15, 0.2) is 0 Å². The Morgan fingerprint density at radius 3 is 2.47 bits per heavy atom. The van der Waals surface area contributed by atoms with Crippen molar-refractivity contribution in [1.82, 2.24) is 10.6 Å². The van der Waals surface area contributed by atoms with E-state index in [0.717, 1.165) is 12.5 Å². The van der Waals surface area contributed by atoms with Crippen molar-refractivity contribution in [2.75, 3.05) is 6.54 Å². The van der Waals surface area contributed by atoms with Crippen molar-refractivity contribution >= 4 is 5.91 Å². The van der Waals surface area contributed by atoms with E-state index in [4.69, 9.17) is 0 Å². The summed E-state index contributed by atoms with van der Waals surface area (Å²) in [6, 6.07) is 3.55. The summed E-state index contributed by atoms with van der Waals surface area (Å²) in [6.45, 7) is 4.76. The highest BCUT2D eigenvalue weighted by atomic mass is 19.1. The molecule has 5 heteroatoms. The van der Waals surface area contributed by atoms with Crippen molar-refractivity contribution in [1.29, 1.82) is 0 Å². The Hall–Kier alpha value is -1.49. The topological polar surface area (TPSA) is 41.1 Å². The van der Waals surface area contributed by atoms with Crippen LogP contribution < -0.4 is 10.6 Å². The van der Waals surface area contributed by atoms with Crippen LogP contribution in [0, 0.1) is 11.6 Å². The van der Waals surface area contributed by atoms with Crippen molar-refractivity contribution < 1.29 is 13.6 Å². The second kappa shape index (κ2) is 7.84. The van der Waals surface area contributed by atoms with Crippen LogP contribution >= 0.6 is 0 Å². The largest absolute Gasteiger partial charge is 0.354 e. The van der Waals surface area contributed by atoms with Gasteiger partial charge < -0.3 is 10.6 Å². The second-order valence-electron chi connectivity index (χ2n) is 4.58. The minimum absolute atomic E-state index is 0.0210. The smallest absolute Gasteiger partial charge is 0.221 e. The van der Waals surface area contributed by atoms with Gasteiger partial charge >= 0.3 is 0 Å². The average molecular weight is 270 g/mol. The summed E-state index contributed by atoms with van der Waals surface area (Å²) < 4.78 is 25.8. The maximum absolute atomic E-state index is 12.9. The zero-order valence-electron chi connectivity index (χ0n) is 11.3. The van der Waals surface area contributed by atoms with Crippen molar-refractivity contribution in [2.45, 2.75) is 39.3 Å². The molecule has 0 bridgehead atoms. The molecule has 2 N–H and O–H groups in total. The molecular weight excluding hydrogens is 250 g/mol. The fourth-order valence-corrected chi connectivity index (χ4v) is 1.60. The van der Waals surface area contributed by atoms with E-state index in [-0.39, 0.29) is 11.9 Å². The monoisotopic (exact) mass is 270 g/mol. The molecule has 1 amide bonds. The molecule has 0 fully saturated rings. The first-order valence-electron chi connectivity index (χ1n) is 6.46. The van der Waals surface area contributed by atoms with E-state index in [1.165, 1.54) is 12.1 Å². The molecule has 0 saturated heterocycles. The highest BCUT2D eigenvalue weighted by Crippen LogP contribution is 2.07. The molecule has 0 aliphatic rings. The van der Waals surface area contributed by atoms with E-state index in [1.54, 1.807) is 0 Å². The lowest BCUT2D eigenvalue weighted by atomic mass is 10.2. The Morgan fingerprint density at radius 1 is 1.26 bits per heavy atom. The van der Waals surface area contributed by atoms with Gasteiger partial charge in [-0.25, -0.2) is 8.78 Å². The van der Waals surface area contributed by atoms with Gasteiger partial charge in [-0.3, -0.25) is 4.79 Å². The highest BCUT2D eigenvalue weighted by Gasteiger charge is 2.05. The number of hydrogen-bond acceptors (Lipinski definition) is 2. The predicted octanol–water partition coefficient (Wildman–Crippen LogP) is 2.36.